The van der Waals surface area contributed by atoms with Gasteiger partial charge in [0.15, 0.2) is 5.76 Å². The summed E-state index contributed by atoms with van der Waals surface area (Å²) in [5, 5.41) is 12.4. The molecule has 0 bridgehead atoms. The molecule has 0 fully saturated rings. The third kappa shape index (κ3) is 2.29. The smallest absolute Gasteiger partial charge is 0.286 e. The maximum Gasteiger partial charge on any atom is 0.286 e. The van der Waals surface area contributed by atoms with Crippen molar-refractivity contribution in [1.82, 2.24) is 5.32 Å². The normalized spacial score (nSPS) is 9.62. The Hall–Kier alpha value is -1.85. The van der Waals surface area contributed by atoms with Crippen LogP contribution in [-0.4, -0.2) is 17.9 Å². The number of rotatable bonds is 3. The van der Waals surface area contributed by atoms with Gasteiger partial charge in [0.25, 0.3) is 5.91 Å². The maximum atomic E-state index is 10.9. The lowest BCUT2D eigenvalue weighted by molar-refractivity contribution is -0.496. The van der Waals surface area contributed by atoms with Crippen molar-refractivity contribution in [3.8, 4) is 0 Å². The van der Waals surface area contributed by atoms with Crippen molar-refractivity contribution in [2.24, 2.45) is 0 Å². The second-order valence-corrected chi connectivity index (χ2v) is 2.39. The standard InChI is InChI=1S/C7H8N2O4/c1-8-7(10)6-2-5(4-13-6)3-9(11)12/h2,4H,3H2,1H3,(H,8,10). The van der Waals surface area contributed by atoms with Gasteiger partial charge in [-0.15, -0.1) is 0 Å². The molecule has 1 amide bonds. The highest BCUT2D eigenvalue weighted by atomic mass is 16.6. The SMILES string of the molecule is CNC(=O)c1cc(C[N+](=O)[O-])co1. The molecular formula is C7H8N2O4. The number of carbonyl (C=O) groups is 1. The first-order valence-corrected chi connectivity index (χ1v) is 3.54. The quantitative estimate of drug-likeness (QED) is 0.544. The number of hydrogen-bond acceptors (Lipinski definition) is 4. The van der Waals surface area contributed by atoms with Crippen LogP contribution in [0, 0.1) is 10.1 Å². The second kappa shape index (κ2) is 3.70. The zero-order valence-corrected chi connectivity index (χ0v) is 6.94. The molecule has 0 atom stereocenters. The van der Waals surface area contributed by atoms with Crippen molar-refractivity contribution < 1.29 is 14.1 Å². The number of nitrogens with zero attached hydrogens (tertiary/aromatic N) is 1. The molecule has 1 heterocycles. The molecule has 1 rings (SSSR count). The van der Waals surface area contributed by atoms with E-state index >= 15 is 0 Å². The van der Waals surface area contributed by atoms with E-state index in [1.165, 1.54) is 19.4 Å². The molecule has 0 unspecified atom stereocenters. The van der Waals surface area contributed by atoms with Gasteiger partial charge in [-0.1, -0.05) is 0 Å². The summed E-state index contributed by atoms with van der Waals surface area (Å²) >= 11 is 0. The fourth-order valence-electron chi connectivity index (χ4n) is 0.850. The first-order chi connectivity index (χ1) is 6.13. The molecule has 70 valence electrons. The van der Waals surface area contributed by atoms with Crippen molar-refractivity contribution in [1.29, 1.82) is 0 Å². The van der Waals surface area contributed by atoms with E-state index in [0.29, 0.717) is 5.56 Å². The van der Waals surface area contributed by atoms with Gasteiger partial charge in [-0.3, -0.25) is 14.9 Å². The Kier molecular flexibility index (Phi) is 2.63. The number of nitrogens with one attached hydrogen (secondary N) is 1. The van der Waals surface area contributed by atoms with Crippen LogP contribution in [-0.2, 0) is 6.54 Å². The number of hydrogen-bond donors (Lipinski definition) is 1. The van der Waals surface area contributed by atoms with Gasteiger partial charge in [0.2, 0.25) is 6.54 Å². The topological polar surface area (TPSA) is 85.4 Å². The zero-order valence-electron chi connectivity index (χ0n) is 6.94. The van der Waals surface area contributed by atoms with Gasteiger partial charge in [0.05, 0.1) is 5.56 Å². The van der Waals surface area contributed by atoms with Crippen molar-refractivity contribution in [2.45, 2.75) is 6.54 Å². The molecule has 6 nitrogen and oxygen atoms in total. The predicted octanol–water partition coefficient (Wildman–Crippen LogP) is 0.416. The lowest BCUT2D eigenvalue weighted by Gasteiger charge is -1.90. The highest BCUT2D eigenvalue weighted by Gasteiger charge is 2.11. The fraction of sp³-hybridized carbons (Fsp3) is 0.286. The van der Waals surface area contributed by atoms with Gasteiger partial charge in [0, 0.05) is 12.0 Å². The summed E-state index contributed by atoms with van der Waals surface area (Å²) in [4.78, 5) is 20.5. The van der Waals surface area contributed by atoms with Crippen LogP contribution < -0.4 is 5.32 Å². The van der Waals surface area contributed by atoms with E-state index in [1.807, 2.05) is 0 Å². The minimum atomic E-state index is -0.488. The Labute approximate surface area is 73.7 Å². The molecule has 0 saturated carbocycles. The first kappa shape index (κ1) is 9.24. The fourth-order valence-corrected chi connectivity index (χ4v) is 0.850. The molecule has 1 aromatic rings. The zero-order chi connectivity index (χ0) is 9.84. The van der Waals surface area contributed by atoms with Crippen LogP contribution in [0.15, 0.2) is 16.7 Å². The predicted molar refractivity (Wildman–Crippen MR) is 42.8 cm³/mol. The van der Waals surface area contributed by atoms with E-state index in [4.69, 9.17) is 4.42 Å². The first-order valence-electron chi connectivity index (χ1n) is 3.54. The highest BCUT2D eigenvalue weighted by Crippen LogP contribution is 2.08. The lowest BCUT2D eigenvalue weighted by Crippen LogP contribution is -2.16. The molecule has 0 saturated heterocycles. The molecule has 0 aliphatic rings. The molecular weight excluding hydrogens is 176 g/mol. The molecule has 13 heavy (non-hydrogen) atoms. The molecule has 0 aliphatic heterocycles. The van der Waals surface area contributed by atoms with Gasteiger partial charge in [-0.25, -0.2) is 0 Å². The van der Waals surface area contributed by atoms with Gasteiger partial charge >= 0.3 is 0 Å². The van der Waals surface area contributed by atoms with Crippen LogP contribution in [0.1, 0.15) is 16.1 Å². The monoisotopic (exact) mass is 184 g/mol. The number of amides is 1. The van der Waals surface area contributed by atoms with E-state index in [0.717, 1.165) is 0 Å². The minimum absolute atomic E-state index is 0.0827. The summed E-state index contributed by atoms with van der Waals surface area (Å²) in [5.74, 6) is -0.311. The summed E-state index contributed by atoms with van der Waals surface area (Å²) in [6.45, 7) is -0.333. The van der Waals surface area contributed by atoms with Crippen LogP contribution in [0.4, 0.5) is 0 Å². The molecule has 0 aromatic carbocycles. The van der Waals surface area contributed by atoms with Crippen molar-refractivity contribution in [3.05, 3.63) is 33.8 Å². The number of carbonyl (C=O) groups excluding carboxylic acids is 1. The average Bonchev–Trinajstić information content (AvgIpc) is 2.50. The molecule has 0 spiro atoms. The highest BCUT2D eigenvalue weighted by molar-refractivity contribution is 5.91. The number of nitro groups is 1. The van der Waals surface area contributed by atoms with Crippen LogP contribution >= 0.6 is 0 Å². The van der Waals surface area contributed by atoms with E-state index in [-0.39, 0.29) is 12.3 Å². The van der Waals surface area contributed by atoms with Crippen LogP contribution in [0.5, 0.6) is 0 Å². The van der Waals surface area contributed by atoms with Crippen molar-refractivity contribution in [3.63, 3.8) is 0 Å². The van der Waals surface area contributed by atoms with Crippen molar-refractivity contribution in [2.75, 3.05) is 7.05 Å². The van der Waals surface area contributed by atoms with Gasteiger partial charge < -0.3 is 9.73 Å². The van der Waals surface area contributed by atoms with E-state index in [2.05, 4.69) is 5.32 Å². The van der Waals surface area contributed by atoms with Crippen LogP contribution in [0.2, 0.25) is 0 Å². The summed E-state index contributed by atoms with van der Waals surface area (Å²) in [6.07, 6.45) is 1.20. The Morgan fingerprint density at radius 3 is 3.00 bits per heavy atom. The summed E-state index contributed by atoms with van der Waals surface area (Å²) < 4.78 is 4.80. The largest absolute Gasteiger partial charge is 0.459 e. The van der Waals surface area contributed by atoms with E-state index in [9.17, 15) is 14.9 Å². The van der Waals surface area contributed by atoms with E-state index in [1.54, 1.807) is 0 Å². The second-order valence-electron chi connectivity index (χ2n) is 2.39. The van der Waals surface area contributed by atoms with E-state index < -0.39 is 10.8 Å². The molecule has 0 aliphatic carbocycles. The minimum Gasteiger partial charge on any atom is -0.459 e. The Balaban J connectivity index is 2.74. The summed E-state index contributed by atoms with van der Waals surface area (Å²) in [5.41, 5.74) is 0.378. The molecule has 6 heteroatoms. The summed E-state index contributed by atoms with van der Waals surface area (Å²) in [7, 11) is 1.46. The van der Waals surface area contributed by atoms with Crippen LogP contribution in [0.3, 0.4) is 0 Å². The Morgan fingerprint density at radius 1 is 1.77 bits per heavy atom. The number of furan rings is 1. The van der Waals surface area contributed by atoms with Gasteiger partial charge in [-0.2, -0.15) is 0 Å². The molecule has 0 radical (unpaired) electrons. The molecule has 1 aromatic heterocycles. The third-order valence-electron chi connectivity index (χ3n) is 1.42. The third-order valence-corrected chi connectivity index (χ3v) is 1.42. The molecule has 1 N–H and O–H groups in total. The maximum absolute atomic E-state index is 10.9. The van der Waals surface area contributed by atoms with Crippen molar-refractivity contribution >= 4 is 5.91 Å². The Bertz CT molecular complexity index is 331. The van der Waals surface area contributed by atoms with Gasteiger partial charge in [0.1, 0.15) is 6.26 Å². The van der Waals surface area contributed by atoms with Gasteiger partial charge in [-0.05, 0) is 6.07 Å². The average molecular weight is 184 g/mol. The van der Waals surface area contributed by atoms with Crippen LogP contribution in [0.25, 0.3) is 0 Å². The lowest BCUT2D eigenvalue weighted by atomic mass is 10.3. The summed E-state index contributed by atoms with van der Waals surface area (Å²) in [6, 6.07) is 1.35. The Morgan fingerprint density at radius 2 is 2.46 bits per heavy atom.